The quantitative estimate of drug-likeness (QED) is 0.425. The summed E-state index contributed by atoms with van der Waals surface area (Å²) in [6.07, 6.45) is 0.622. The Morgan fingerprint density at radius 3 is 2.53 bits per heavy atom. The van der Waals surface area contributed by atoms with Gasteiger partial charge in [0.2, 0.25) is 5.91 Å². The molecule has 43 heavy (non-hydrogen) atoms. The summed E-state index contributed by atoms with van der Waals surface area (Å²) in [7, 11) is -2.93. The van der Waals surface area contributed by atoms with Crippen LogP contribution in [-0.2, 0) is 31.2 Å². The predicted molar refractivity (Wildman–Crippen MR) is 166 cm³/mol. The molecule has 3 fully saturated rings. The zero-order valence-electron chi connectivity index (χ0n) is 24.7. The summed E-state index contributed by atoms with van der Waals surface area (Å²) >= 11 is 3.58. The van der Waals surface area contributed by atoms with Crippen LogP contribution in [0.25, 0.3) is 0 Å². The van der Waals surface area contributed by atoms with E-state index in [1.807, 2.05) is 62.5 Å². The van der Waals surface area contributed by atoms with Gasteiger partial charge in [-0.1, -0.05) is 35.0 Å². The minimum absolute atomic E-state index is 0.0429. The van der Waals surface area contributed by atoms with Gasteiger partial charge in [0.15, 0.2) is 13.9 Å². The van der Waals surface area contributed by atoms with Crippen molar-refractivity contribution in [3.05, 3.63) is 58.1 Å². The Kier molecular flexibility index (Phi) is 7.95. The topological polar surface area (TPSA) is 120 Å². The molecular formula is C31H38BrN3O7Si. The smallest absolute Gasteiger partial charge is 0.414 e. The van der Waals surface area contributed by atoms with Gasteiger partial charge in [-0.25, -0.2) is 4.79 Å². The molecule has 2 aromatic carbocycles. The van der Waals surface area contributed by atoms with Crippen molar-refractivity contribution in [1.29, 1.82) is 0 Å². The third-order valence-electron chi connectivity index (χ3n) is 9.58. The molecule has 3 saturated heterocycles. The standard InChI is InChI=1S/C31H38BrN3O7Si/c1-19-28(43(2,3)40)26(16-27(37)33-12-4-5-23(33)18-36)42-31(19)24-15-21(32)8-11-25(24)35(29(31)38)17-20-6-9-22(10-7-20)34-13-14-41-30(34)39/h6-11,15,19,23,26,28,36,40H,4-5,12-14,16-18H2,1-3H3/t19-,23-,26+,28-,31+/m0/s1. The van der Waals surface area contributed by atoms with Crippen molar-refractivity contribution in [3.63, 3.8) is 0 Å². The summed E-state index contributed by atoms with van der Waals surface area (Å²) < 4.78 is 12.7. The number of cyclic esters (lactones) is 1. The van der Waals surface area contributed by atoms with Crippen LogP contribution in [0.4, 0.5) is 16.2 Å². The Morgan fingerprint density at radius 1 is 1.14 bits per heavy atom. The molecule has 4 heterocycles. The van der Waals surface area contributed by atoms with E-state index in [1.54, 1.807) is 14.7 Å². The second-order valence-corrected chi connectivity index (χ2v) is 17.5. The SMILES string of the molecule is C[C@H]1[C@H]([Si](C)(C)O)[C@@H](CC(=O)N2CCC[C@H]2CO)O[C@]12C(=O)N(Cc1ccc(N3CCOC3=O)cc1)c1ccc(Br)cc12. The van der Waals surface area contributed by atoms with Gasteiger partial charge in [0.05, 0.1) is 44.0 Å². The highest BCUT2D eigenvalue weighted by molar-refractivity contribution is 9.10. The average molecular weight is 673 g/mol. The van der Waals surface area contributed by atoms with Gasteiger partial charge in [0, 0.05) is 33.7 Å². The monoisotopic (exact) mass is 671 g/mol. The van der Waals surface area contributed by atoms with Gasteiger partial charge < -0.3 is 29.2 Å². The summed E-state index contributed by atoms with van der Waals surface area (Å²) in [4.78, 5) is 56.7. The van der Waals surface area contributed by atoms with Crippen LogP contribution < -0.4 is 9.80 Å². The maximum absolute atomic E-state index is 14.6. The van der Waals surface area contributed by atoms with E-state index in [4.69, 9.17) is 9.47 Å². The normalized spacial score (nSPS) is 28.7. The molecule has 4 aliphatic rings. The van der Waals surface area contributed by atoms with Crippen LogP contribution in [0.15, 0.2) is 46.9 Å². The summed E-state index contributed by atoms with van der Waals surface area (Å²) in [5.74, 6) is -0.723. The lowest BCUT2D eigenvalue weighted by atomic mass is 9.82. The summed E-state index contributed by atoms with van der Waals surface area (Å²) in [5, 5.41) is 9.80. The number of ether oxygens (including phenoxy) is 2. The molecule has 1 spiro atoms. The molecule has 0 aromatic heterocycles. The fraction of sp³-hybridized carbons (Fsp3) is 0.516. The molecule has 0 saturated carbocycles. The van der Waals surface area contributed by atoms with Crippen LogP contribution in [0.1, 0.15) is 37.3 Å². The lowest BCUT2D eigenvalue weighted by Crippen LogP contribution is -2.46. The number of aliphatic hydroxyl groups excluding tert-OH is 1. The molecule has 10 nitrogen and oxygen atoms in total. The fourth-order valence-electron chi connectivity index (χ4n) is 7.64. The number of halogens is 1. The van der Waals surface area contributed by atoms with E-state index in [1.165, 1.54) is 0 Å². The van der Waals surface area contributed by atoms with Crippen molar-refractivity contribution in [3.8, 4) is 0 Å². The van der Waals surface area contributed by atoms with Crippen LogP contribution in [0.2, 0.25) is 18.6 Å². The Balaban J connectivity index is 1.32. The van der Waals surface area contributed by atoms with Gasteiger partial charge in [-0.3, -0.25) is 14.5 Å². The number of nitrogens with zero attached hydrogens (tertiary/aromatic N) is 3. The minimum Gasteiger partial charge on any atom is -0.447 e. The molecule has 2 N–H and O–H groups in total. The van der Waals surface area contributed by atoms with Gasteiger partial charge in [-0.05, 0) is 61.8 Å². The number of hydrogen-bond acceptors (Lipinski definition) is 7. The lowest BCUT2D eigenvalue weighted by molar-refractivity contribution is -0.150. The van der Waals surface area contributed by atoms with Crippen molar-refractivity contribution < 1.29 is 33.8 Å². The number of likely N-dealkylation sites (tertiary alicyclic amines) is 1. The van der Waals surface area contributed by atoms with E-state index >= 15 is 0 Å². The minimum atomic E-state index is -2.93. The summed E-state index contributed by atoms with van der Waals surface area (Å²) in [6.45, 7) is 7.29. The van der Waals surface area contributed by atoms with Crippen molar-refractivity contribution >= 4 is 53.5 Å². The van der Waals surface area contributed by atoms with Crippen LogP contribution >= 0.6 is 15.9 Å². The Bertz CT molecular complexity index is 1430. The Hall–Kier alpha value is -2.77. The zero-order chi connectivity index (χ0) is 30.7. The van der Waals surface area contributed by atoms with Crippen molar-refractivity contribution in [2.24, 2.45) is 5.92 Å². The van der Waals surface area contributed by atoms with Crippen molar-refractivity contribution in [2.45, 2.75) is 69.1 Å². The number of anilines is 2. The van der Waals surface area contributed by atoms with Gasteiger partial charge in [0.25, 0.3) is 5.91 Å². The summed E-state index contributed by atoms with van der Waals surface area (Å²) in [6, 6.07) is 13.0. The second kappa shape index (κ2) is 11.3. The third-order valence-corrected chi connectivity index (χ3v) is 12.6. The van der Waals surface area contributed by atoms with Crippen LogP contribution in [0.3, 0.4) is 0 Å². The van der Waals surface area contributed by atoms with Crippen LogP contribution in [-0.4, -0.2) is 79.5 Å². The highest BCUT2D eigenvalue weighted by Crippen LogP contribution is 2.60. The number of hydrogen-bond donors (Lipinski definition) is 2. The number of benzene rings is 2. The fourth-order valence-corrected chi connectivity index (χ4v) is 10.6. The second-order valence-electron chi connectivity index (χ2n) is 12.6. The van der Waals surface area contributed by atoms with E-state index in [9.17, 15) is 24.3 Å². The van der Waals surface area contributed by atoms with Gasteiger partial charge >= 0.3 is 6.09 Å². The molecule has 0 aliphatic carbocycles. The van der Waals surface area contributed by atoms with Gasteiger partial charge in [-0.15, -0.1) is 0 Å². The maximum Gasteiger partial charge on any atom is 0.414 e. The molecule has 0 bridgehead atoms. The van der Waals surface area contributed by atoms with E-state index < -0.39 is 25.9 Å². The first-order chi connectivity index (χ1) is 20.5. The molecule has 230 valence electrons. The van der Waals surface area contributed by atoms with Gasteiger partial charge in [0.1, 0.15) is 6.61 Å². The molecule has 0 unspecified atom stereocenters. The number of rotatable bonds is 7. The van der Waals surface area contributed by atoms with E-state index in [0.717, 1.165) is 39.8 Å². The Labute approximate surface area is 260 Å². The summed E-state index contributed by atoms with van der Waals surface area (Å²) in [5.41, 5.74) is 1.34. The predicted octanol–water partition coefficient (Wildman–Crippen LogP) is 4.12. The first kappa shape index (κ1) is 30.3. The Morgan fingerprint density at radius 2 is 1.88 bits per heavy atom. The van der Waals surface area contributed by atoms with Crippen molar-refractivity contribution in [2.75, 3.05) is 36.1 Å². The van der Waals surface area contributed by atoms with E-state index in [2.05, 4.69) is 15.9 Å². The molecule has 2 aromatic rings. The molecule has 5 atom stereocenters. The third kappa shape index (κ3) is 5.10. The van der Waals surface area contributed by atoms with Crippen molar-refractivity contribution in [1.82, 2.24) is 4.90 Å². The van der Waals surface area contributed by atoms with Crippen LogP contribution in [0, 0.1) is 5.92 Å². The van der Waals surface area contributed by atoms with Crippen LogP contribution in [0.5, 0.6) is 0 Å². The zero-order valence-corrected chi connectivity index (χ0v) is 27.2. The average Bonchev–Trinajstić information content (AvgIpc) is 3.72. The molecule has 4 aliphatic heterocycles. The first-order valence-electron chi connectivity index (χ1n) is 14.9. The lowest BCUT2D eigenvalue weighted by Gasteiger charge is -2.32. The number of amides is 3. The maximum atomic E-state index is 14.6. The number of aliphatic hydroxyl groups is 1. The number of carbonyl (C=O) groups is 3. The van der Waals surface area contributed by atoms with E-state index in [-0.39, 0.29) is 49.1 Å². The largest absolute Gasteiger partial charge is 0.447 e. The molecule has 0 radical (unpaired) electrons. The number of fused-ring (bicyclic) bond motifs is 2. The molecule has 6 rings (SSSR count). The first-order valence-corrected chi connectivity index (χ1v) is 18.7. The molecule has 3 amide bonds. The van der Waals surface area contributed by atoms with Gasteiger partial charge in [-0.2, -0.15) is 0 Å². The van der Waals surface area contributed by atoms with E-state index in [0.29, 0.717) is 19.7 Å². The number of carbonyl (C=O) groups excluding carboxylic acids is 3. The molecule has 12 heteroatoms. The highest BCUT2D eigenvalue weighted by atomic mass is 79.9. The molecular weight excluding hydrogens is 634 g/mol. The highest BCUT2D eigenvalue weighted by Gasteiger charge is 2.66.